The van der Waals surface area contributed by atoms with E-state index < -0.39 is 0 Å². The van der Waals surface area contributed by atoms with E-state index in [-0.39, 0.29) is 5.91 Å². The van der Waals surface area contributed by atoms with Crippen LogP contribution in [0.2, 0.25) is 0 Å². The van der Waals surface area contributed by atoms with Crippen LogP contribution in [0.5, 0.6) is 0 Å². The van der Waals surface area contributed by atoms with Gasteiger partial charge in [-0.2, -0.15) is 0 Å². The third-order valence-electron chi connectivity index (χ3n) is 4.00. The van der Waals surface area contributed by atoms with Crippen molar-refractivity contribution in [2.45, 2.75) is 11.4 Å². The number of benzene rings is 1. The molecule has 1 aromatic carbocycles. The molecule has 126 valence electrons. The fourth-order valence-electron chi connectivity index (χ4n) is 2.64. The van der Waals surface area contributed by atoms with E-state index in [4.69, 9.17) is 0 Å². The molecule has 6 heteroatoms. The van der Waals surface area contributed by atoms with Crippen molar-refractivity contribution in [2.75, 3.05) is 31.9 Å². The molecule has 0 aliphatic carbocycles. The van der Waals surface area contributed by atoms with E-state index in [1.165, 1.54) is 0 Å². The summed E-state index contributed by atoms with van der Waals surface area (Å²) in [4.78, 5) is 22.2. The van der Waals surface area contributed by atoms with E-state index in [0.29, 0.717) is 5.75 Å². The van der Waals surface area contributed by atoms with Crippen LogP contribution in [0.1, 0.15) is 5.69 Å². The molecule has 2 aromatic rings. The molecule has 3 rings (SSSR count). The van der Waals surface area contributed by atoms with Crippen molar-refractivity contribution in [3.63, 3.8) is 0 Å². The minimum atomic E-state index is 0.227. The number of aromatic nitrogens is 1. The third kappa shape index (κ3) is 5.06. The van der Waals surface area contributed by atoms with E-state index in [2.05, 4.69) is 25.8 Å². The molecule has 1 fully saturated rings. The van der Waals surface area contributed by atoms with E-state index in [1.54, 1.807) is 11.8 Å². The van der Waals surface area contributed by atoms with Crippen LogP contribution in [0, 0.1) is 0 Å². The van der Waals surface area contributed by atoms with Gasteiger partial charge in [-0.1, -0.05) is 18.2 Å². The Morgan fingerprint density at radius 1 is 1.08 bits per heavy atom. The summed E-state index contributed by atoms with van der Waals surface area (Å²) in [6, 6.07) is 14.1. The van der Waals surface area contributed by atoms with Gasteiger partial charge < -0.3 is 4.90 Å². The largest absolute Gasteiger partial charge is 0.339 e. The number of carbonyl (C=O) groups excluding carboxylic acids is 1. The highest BCUT2D eigenvalue weighted by atomic mass is 79.9. The molecule has 0 radical (unpaired) electrons. The fraction of sp³-hybridized carbons (Fsp3) is 0.333. The average Bonchev–Trinajstić information content (AvgIpc) is 2.63. The predicted molar refractivity (Wildman–Crippen MR) is 101 cm³/mol. The van der Waals surface area contributed by atoms with Crippen molar-refractivity contribution in [1.82, 2.24) is 14.8 Å². The predicted octanol–water partition coefficient (Wildman–Crippen LogP) is 3.28. The molecular formula is C18H20BrN3OS. The summed E-state index contributed by atoms with van der Waals surface area (Å²) < 4.78 is 0.998. The summed E-state index contributed by atoms with van der Waals surface area (Å²) in [7, 11) is 0. The van der Waals surface area contributed by atoms with Gasteiger partial charge in [0.15, 0.2) is 0 Å². The Balaban J connectivity index is 1.42. The number of carbonyl (C=O) groups is 1. The summed E-state index contributed by atoms with van der Waals surface area (Å²) in [6.45, 7) is 4.24. The molecule has 0 saturated carbocycles. The minimum absolute atomic E-state index is 0.227. The van der Waals surface area contributed by atoms with Crippen molar-refractivity contribution in [1.29, 1.82) is 0 Å². The lowest BCUT2D eigenvalue weighted by Crippen LogP contribution is -2.48. The van der Waals surface area contributed by atoms with Crippen LogP contribution in [0.15, 0.2) is 58.0 Å². The van der Waals surface area contributed by atoms with Crippen molar-refractivity contribution in [3.05, 3.63) is 58.8 Å². The topological polar surface area (TPSA) is 36.4 Å². The zero-order chi connectivity index (χ0) is 16.8. The maximum atomic E-state index is 12.3. The molecular weight excluding hydrogens is 386 g/mol. The second-order valence-electron chi connectivity index (χ2n) is 5.73. The number of thioether (sulfide) groups is 1. The number of hydrogen-bond acceptors (Lipinski definition) is 4. The third-order valence-corrected chi connectivity index (χ3v) is 5.47. The van der Waals surface area contributed by atoms with Crippen LogP contribution in [0.25, 0.3) is 0 Å². The van der Waals surface area contributed by atoms with Crippen LogP contribution in [-0.4, -0.2) is 52.6 Å². The highest BCUT2D eigenvalue weighted by Crippen LogP contribution is 2.18. The molecule has 1 amide bonds. The Labute approximate surface area is 155 Å². The summed E-state index contributed by atoms with van der Waals surface area (Å²) in [5, 5.41) is 0. The molecule has 0 spiro atoms. The van der Waals surface area contributed by atoms with Crippen molar-refractivity contribution < 1.29 is 4.79 Å². The SMILES string of the molecule is O=C(CSc1ccccc1)N1CCN(Cc2ccc(Br)cn2)CC1. The van der Waals surface area contributed by atoms with Gasteiger partial charge >= 0.3 is 0 Å². The monoisotopic (exact) mass is 405 g/mol. The molecule has 1 aromatic heterocycles. The summed E-state index contributed by atoms with van der Waals surface area (Å²) in [6.07, 6.45) is 1.83. The zero-order valence-corrected chi connectivity index (χ0v) is 15.8. The second-order valence-corrected chi connectivity index (χ2v) is 7.69. The molecule has 2 heterocycles. The normalized spacial score (nSPS) is 15.5. The van der Waals surface area contributed by atoms with Gasteiger partial charge in [0.1, 0.15) is 0 Å². The quantitative estimate of drug-likeness (QED) is 0.715. The molecule has 0 bridgehead atoms. The van der Waals surface area contributed by atoms with E-state index in [0.717, 1.165) is 47.8 Å². The molecule has 1 aliphatic rings. The lowest BCUT2D eigenvalue weighted by Gasteiger charge is -2.34. The fourth-order valence-corrected chi connectivity index (χ4v) is 3.69. The van der Waals surface area contributed by atoms with Gasteiger partial charge in [-0.05, 0) is 40.2 Å². The molecule has 1 aliphatic heterocycles. The van der Waals surface area contributed by atoms with Gasteiger partial charge in [0.05, 0.1) is 11.4 Å². The number of amides is 1. The van der Waals surface area contributed by atoms with E-state index in [1.807, 2.05) is 53.6 Å². The van der Waals surface area contributed by atoms with E-state index in [9.17, 15) is 4.79 Å². The number of piperazine rings is 1. The molecule has 0 atom stereocenters. The number of nitrogens with zero attached hydrogens (tertiary/aromatic N) is 3. The number of hydrogen-bond donors (Lipinski definition) is 0. The second kappa shape index (κ2) is 8.65. The standard InChI is InChI=1S/C18H20BrN3OS/c19-15-6-7-16(20-12-15)13-21-8-10-22(11-9-21)18(23)14-24-17-4-2-1-3-5-17/h1-7,12H,8-11,13-14H2. The number of pyridine rings is 1. The van der Waals surface area contributed by atoms with Crippen LogP contribution in [0.3, 0.4) is 0 Å². The first kappa shape index (κ1) is 17.5. The van der Waals surface area contributed by atoms with Gasteiger partial charge in [-0.15, -0.1) is 11.8 Å². The van der Waals surface area contributed by atoms with Crippen LogP contribution < -0.4 is 0 Å². The lowest BCUT2D eigenvalue weighted by molar-refractivity contribution is -0.130. The van der Waals surface area contributed by atoms with Gasteiger partial charge in [0.25, 0.3) is 0 Å². The first-order chi connectivity index (χ1) is 11.7. The summed E-state index contributed by atoms with van der Waals surface area (Å²) in [5.74, 6) is 0.739. The summed E-state index contributed by atoms with van der Waals surface area (Å²) >= 11 is 5.01. The van der Waals surface area contributed by atoms with Crippen molar-refractivity contribution in [3.8, 4) is 0 Å². The minimum Gasteiger partial charge on any atom is -0.339 e. The Kier molecular flexibility index (Phi) is 6.29. The summed E-state index contributed by atoms with van der Waals surface area (Å²) in [5.41, 5.74) is 1.07. The lowest BCUT2D eigenvalue weighted by atomic mass is 10.2. The first-order valence-electron chi connectivity index (χ1n) is 7.99. The highest BCUT2D eigenvalue weighted by molar-refractivity contribution is 9.10. The van der Waals surface area contributed by atoms with Crippen molar-refractivity contribution >= 4 is 33.6 Å². The molecule has 1 saturated heterocycles. The van der Waals surface area contributed by atoms with Gasteiger partial charge in [0, 0.05) is 48.3 Å². The van der Waals surface area contributed by atoms with Gasteiger partial charge in [-0.3, -0.25) is 14.7 Å². The molecule has 0 N–H and O–H groups in total. The average molecular weight is 406 g/mol. The molecule has 24 heavy (non-hydrogen) atoms. The Hall–Kier alpha value is -1.37. The Morgan fingerprint density at radius 2 is 1.83 bits per heavy atom. The van der Waals surface area contributed by atoms with Crippen LogP contribution in [-0.2, 0) is 11.3 Å². The zero-order valence-electron chi connectivity index (χ0n) is 13.4. The van der Waals surface area contributed by atoms with Gasteiger partial charge in [0.2, 0.25) is 5.91 Å². The van der Waals surface area contributed by atoms with Crippen molar-refractivity contribution in [2.24, 2.45) is 0 Å². The molecule has 0 unspecified atom stereocenters. The maximum Gasteiger partial charge on any atom is 0.233 e. The number of halogens is 1. The maximum absolute atomic E-state index is 12.3. The smallest absolute Gasteiger partial charge is 0.233 e. The highest BCUT2D eigenvalue weighted by Gasteiger charge is 2.21. The Bertz CT molecular complexity index is 658. The van der Waals surface area contributed by atoms with Crippen LogP contribution >= 0.6 is 27.7 Å². The first-order valence-corrected chi connectivity index (χ1v) is 9.77. The van der Waals surface area contributed by atoms with E-state index >= 15 is 0 Å². The number of rotatable bonds is 5. The molecule has 4 nitrogen and oxygen atoms in total. The Morgan fingerprint density at radius 3 is 2.50 bits per heavy atom. The van der Waals surface area contributed by atoms with Gasteiger partial charge in [-0.25, -0.2) is 0 Å². The van der Waals surface area contributed by atoms with Crippen LogP contribution in [0.4, 0.5) is 0 Å².